The number of hydrogen-bond acceptors (Lipinski definition) is 5. The van der Waals surface area contributed by atoms with E-state index in [1.54, 1.807) is 25.2 Å². The van der Waals surface area contributed by atoms with Gasteiger partial charge in [0.15, 0.2) is 6.61 Å². The van der Waals surface area contributed by atoms with E-state index in [0.717, 1.165) is 0 Å². The number of rotatable bonds is 4. The van der Waals surface area contributed by atoms with Crippen molar-refractivity contribution >= 4 is 28.8 Å². The van der Waals surface area contributed by atoms with Crippen LogP contribution in [0, 0.1) is 0 Å². The third-order valence-corrected chi connectivity index (χ3v) is 2.57. The zero-order valence-electron chi connectivity index (χ0n) is 9.50. The summed E-state index contributed by atoms with van der Waals surface area (Å²) >= 11 is 10.8. The normalized spacial score (nSPS) is 10.3. The Hall–Kier alpha value is -1.73. The van der Waals surface area contributed by atoms with Gasteiger partial charge in [-0.1, -0.05) is 23.8 Å². The van der Waals surface area contributed by atoms with Gasteiger partial charge in [-0.2, -0.15) is 4.80 Å². The number of nitrogens with two attached hydrogens (primary N) is 1. The summed E-state index contributed by atoms with van der Waals surface area (Å²) in [5.74, 6) is 0.966. The van der Waals surface area contributed by atoms with Gasteiger partial charge < -0.3 is 10.5 Å². The molecule has 94 valence electrons. The van der Waals surface area contributed by atoms with E-state index in [9.17, 15) is 0 Å². The third kappa shape index (κ3) is 2.93. The summed E-state index contributed by atoms with van der Waals surface area (Å²) in [7, 11) is 1.68. The van der Waals surface area contributed by atoms with Crippen LogP contribution in [-0.4, -0.2) is 25.2 Å². The Kier molecular flexibility index (Phi) is 3.73. The number of thiocarbonyl (C=S) groups is 1. The smallest absolute Gasteiger partial charge is 0.212 e. The number of ether oxygens (including phenoxy) is 1. The van der Waals surface area contributed by atoms with Gasteiger partial charge in [0.1, 0.15) is 10.7 Å². The fourth-order valence-electron chi connectivity index (χ4n) is 1.34. The van der Waals surface area contributed by atoms with Gasteiger partial charge in [-0.05, 0) is 23.4 Å². The van der Waals surface area contributed by atoms with E-state index in [4.69, 9.17) is 34.3 Å². The van der Waals surface area contributed by atoms with Crippen LogP contribution >= 0.6 is 23.8 Å². The van der Waals surface area contributed by atoms with E-state index in [-0.39, 0.29) is 11.6 Å². The molecule has 0 amide bonds. The number of hydrogen-bond donors (Lipinski definition) is 1. The molecule has 1 aromatic heterocycles. The fourth-order valence-corrected chi connectivity index (χ4v) is 1.67. The molecule has 0 radical (unpaired) electrons. The van der Waals surface area contributed by atoms with Gasteiger partial charge in [-0.25, -0.2) is 0 Å². The summed E-state index contributed by atoms with van der Waals surface area (Å²) in [4.78, 5) is 1.60. The van der Waals surface area contributed by atoms with E-state index in [2.05, 4.69) is 15.4 Å². The zero-order chi connectivity index (χ0) is 13.1. The molecule has 1 heterocycles. The highest BCUT2D eigenvalue weighted by molar-refractivity contribution is 7.80. The Balaban J connectivity index is 2.17. The van der Waals surface area contributed by atoms with Crippen LogP contribution in [0.4, 0.5) is 0 Å². The van der Waals surface area contributed by atoms with Gasteiger partial charge in [-0.15, -0.1) is 10.2 Å². The molecule has 1 aromatic carbocycles. The number of halogens is 1. The molecule has 18 heavy (non-hydrogen) atoms. The second-order valence-corrected chi connectivity index (χ2v) is 4.36. The molecule has 0 saturated carbocycles. The fraction of sp³-hybridized carbons (Fsp3) is 0.200. The van der Waals surface area contributed by atoms with Crippen LogP contribution < -0.4 is 10.5 Å². The lowest BCUT2D eigenvalue weighted by Crippen LogP contribution is -2.12. The van der Waals surface area contributed by atoms with Crippen LogP contribution in [0.3, 0.4) is 0 Å². The van der Waals surface area contributed by atoms with Crippen molar-refractivity contribution in [3.05, 3.63) is 34.6 Å². The summed E-state index contributed by atoms with van der Waals surface area (Å²) in [5.41, 5.74) is 6.22. The molecular formula is C10H10ClN5OS. The molecule has 6 nitrogen and oxygen atoms in total. The highest BCUT2D eigenvalue weighted by Gasteiger charge is 2.09. The largest absolute Gasteiger partial charge is 0.485 e. The van der Waals surface area contributed by atoms with Crippen molar-refractivity contribution in [3.8, 4) is 5.75 Å². The Morgan fingerprint density at radius 3 is 2.94 bits per heavy atom. The summed E-state index contributed by atoms with van der Waals surface area (Å²) < 4.78 is 5.55. The van der Waals surface area contributed by atoms with Crippen LogP contribution in [0.2, 0.25) is 5.02 Å². The van der Waals surface area contributed by atoms with Crippen LogP contribution in [-0.2, 0) is 13.7 Å². The van der Waals surface area contributed by atoms with Gasteiger partial charge in [0.05, 0.1) is 12.6 Å². The van der Waals surface area contributed by atoms with E-state index < -0.39 is 0 Å². The van der Waals surface area contributed by atoms with Crippen molar-refractivity contribution < 1.29 is 4.74 Å². The third-order valence-electron chi connectivity index (χ3n) is 2.12. The minimum atomic E-state index is 0.170. The van der Waals surface area contributed by atoms with Crippen LogP contribution in [0.25, 0.3) is 0 Å². The lowest BCUT2D eigenvalue weighted by molar-refractivity contribution is 0.295. The monoisotopic (exact) mass is 283 g/mol. The van der Waals surface area contributed by atoms with E-state index in [1.165, 1.54) is 4.80 Å². The molecule has 0 bridgehead atoms. The number of tetrazole rings is 1. The van der Waals surface area contributed by atoms with Crippen LogP contribution in [0.15, 0.2) is 18.2 Å². The molecular weight excluding hydrogens is 274 g/mol. The maximum Gasteiger partial charge on any atom is 0.212 e. The highest BCUT2D eigenvalue weighted by Crippen LogP contribution is 2.24. The SMILES string of the molecule is Cn1nnc(COc2cc(Cl)ccc2C(N)=S)n1. The van der Waals surface area contributed by atoms with Crippen molar-refractivity contribution in [3.63, 3.8) is 0 Å². The van der Waals surface area contributed by atoms with E-state index >= 15 is 0 Å². The highest BCUT2D eigenvalue weighted by atomic mass is 35.5. The van der Waals surface area contributed by atoms with Crippen molar-refractivity contribution in [2.75, 3.05) is 0 Å². The van der Waals surface area contributed by atoms with Gasteiger partial charge in [0.25, 0.3) is 0 Å². The van der Waals surface area contributed by atoms with E-state index in [1.807, 2.05) is 0 Å². The Morgan fingerprint density at radius 2 is 2.33 bits per heavy atom. The predicted molar refractivity (Wildman–Crippen MR) is 70.5 cm³/mol. The molecule has 0 saturated heterocycles. The lowest BCUT2D eigenvalue weighted by atomic mass is 10.2. The number of aromatic nitrogens is 4. The first-order chi connectivity index (χ1) is 8.56. The van der Waals surface area contributed by atoms with E-state index in [0.29, 0.717) is 22.2 Å². The Morgan fingerprint density at radius 1 is 1.56 bits per heavy atom. The standard InChI is InChI=1S/C10H10ClN5OS/c1-16-14-9(13-15-16)5-17-8-4-6(11)2-3-7(8)10(12)18/h2-4H,5H2,1H3,(H2,12,18). The Labute approximate surface area is 114 Å². The second-order valence-electron chi connectivity index (χ2n) is 3.49. The maximum absolute atomic E-state index is 5.90. The molecule has 0 aliphatic rings. The first-order valence-electron chi connectivity index (χ1n) is 5.01. The first-order valence-corrected chi connectivity index (χ1v) is 5.80. The average Bonchev–Trinajstić information content (AvgIpc) is 2.72. The molecule has 2 rings (SSSR count). The molecule has 2 aromatic rings. The minimum Gasteiger partial charge on any atom is -0.485 e. The van der Waals surface area contributed by atoms with Crippen LogP contribution in [0.5, 0.6) is 5.75 Å². The Bertz CT molecular complexity index is 585. The predicted octanol–water partition coefficient (Wildman–Crippen LogP) is 1.08. The van der Waals surface area contributed by atoms with Crippen molar-refractivity contribution in [1.29, 1.82) is 0 Å². The average molecular weight is 284 g/mol. The second kappa shape index (κ2) is 5.28. The molecule has 0 spiro atoms. The summed E-state index contributed by atoms with van der Waals surface area (Å²) in [6, 6.07) is 5.06. The molecule has 2 N–H and O–H groups in total. The number of aryl methyl sites for hydroxylation is 1. The first kappa shape index (κ1) is 12.7. The molecule has 0 unspecified atom stereocenters. The molecule has 8 heteroatoms. The molecule has 0 atom stereocenters. The number of benzene rings is 1. The molecule has 0 aliphatic heterocycles. The quantitative estimate of drug-likeness (QED) is 0.846. The number of nitrogens with zero attached hydrogens (tertiary/aromatic N) is 4. The molecule has 0 fully saturated rings. The maximum atomic E-state index is 5.90. The zero-order valence-corrected chi connectivity index (χ0v) is 11.1. The summed E-state index contributed by atoms with van der Waals surface area (Å²) in [6.07, 6.45) is 0. The van der Waals surface area contributed by atoms with Crippen molar-refractivity contribution in [1.82, 2.24) is 20.2 Å². The molecule has 0 aliphatic carbocycles. The minimum absolute atomic E-state index is 0.170. The van der Waals surface area contributed by atoms with Gasteiger partial charge in [0, 0.05) is 5.02 Å². The summed E-state index contributed by atoms with van der Waals surface area (Å²) in [5, 5.41) is 12.0. The van der Waals surface area contributed by atoms with Crippen LogP contribution in [0.1, 0.15) is 11.4 Å². The van der Waals surface area contributed by atoms with Crippen molar-refractivity contribution in [2.24, 2.45) is 12.8 Å². The lowest BCUT2D eigenvalue weighted by Gasteiger charge is -2.09. The van der Waals surface area contributed by atoms with Crippen molar-refractivity contribution in [2.45, 2.75) is 6.61 Å². The van der Waals surface area contributed by atoms with Gasteiger partial charge in [-0.3, -0.25) is 0 Å². The van der Waals surface area contributed by atoms with Gasteiger partial charge >= 0.3 is 0 Å². The topological polar surface area (TPSA) is 78.8 Å². The van der Waals surface area contributed by atoms with Gasteiger partial charge in [0.2, 0.25) is 5.82 Å². The summed E-state index contributed by atoms with van der Waals surface area (Å²) in [6.45, 7) is 0.170.